The molecule has 1 aromatic rings. The quantitative estimate of drug-likeness (QED) is 0.829. The number of rotatable bonds is 5. The summed E-state index contributed by atoms with van der Waals surface area (Å²) in [5.74, 6) is 2.79. The molecule has 2 aliphatic rings. The highest BCUT2D eigenvalue weighted by Crippen LogP contribution is 2.44. The monoisotopic (exact) mass is 351 g/mol. The molecule has 2 atom stereocenters. The van der Waals surface area contributed by atoms with Crippen molar-refractivity contribution in [2.75, 3.05) is 38.7 Å². The van der Waals surface area contributed by atoms with Gasteiger partial charge in [0.25, 0.3) is 5.91 Å². The number of aromatic nitrogens is 1. The number of carbonyl (C=O) groups is 1. The third-order valence-corrected chi connectivity index (χ3v) is 5.64. The highest BCUT2D eigenvalue weighted by atomic mass is 35.5. The van der Waals surface area contributed by atoms with Crippen molar-refractivity contribution >= 4 is 23.3 Å². The number of anilines is 1. The number of pyridine rings is 1. The lowest BCUT2D eigenvalue weighted by atomic mass is 9.91. The second kappa shape index (κ2) is 7.28. The van der Waals surface area contributed by atoms with Crippen LogP contribution in [0.5, 0.6) is 0 Å². The van der Waals surface area contributed by atoms with Crippen LogP contribution in [-0.2, 0) is 0 Å². The molecule has 1 N–H and O–H groups in total. The fourth-order valence-electron chi connectivity index (χ4n) is 3.65. The Morgan fingerprint density at radius 1 is 1.33 bits per heavy atom. The molecule has 24 heavy (non-hydrogen) atoms. The van der Waals surface area contributed by atoms with Gasteiger partial charge in [-0.15, -0.1) is 0 Å². The van der Waals surface area contributed by atoms with Crippen molar-refractivity contribution in [1.82, 2.24) is 9.88 Å². The summed E-state index contributed by atoms with van der Waals surface area (Å²) in [6, 6.07) is 3.67. The molecule has 0 radical (unpaired) electrons. The van der Waals surface area contributed by atoms with Gasteiger partial charge in [-0.25, -0.2) is 4.98 Å². The minimum absolute atomic E-state index is 0.124. The van der Waals surface area contributed by atoms with Gasteiger partial charge >= 0.3 is 0 Å². The Kier molecular flexibility index (Phi) is 5.30. The van der Waals surface area contributed by atoms with Gasteiger partial charge in [-0.3, -0.25) is 4.79 Å². The molecule has 1 aliphatic heterocycles. The van der Waals surface area contributed by atoms with Crippen molar-refractivity contribution in [1.29, 1.82) is 0 Å². The smallest absolute Gasteiger partial charge is 0.256 e. The number of aliphatic hydroxyl groups is 1. The fraction of sp³-hybridized carbons (Fsp3) is 0.667. The molecule has 132 valence electrons. The molecule has 2 heterocycles. The Labute approximate surface area is 148 Å². The number of aliphatic hydroxyl groups excluding tert-OH is 1. The predicted molar refractivity (Wildman–Crippen MR) is 95.5 cm³/mol. The third kappa shape index (κ3) is 3.83. The molecule has 2 fully saturated rings. The minimum Gasteiger partial charge on any atom is -0.396 e. The van der Waals surface area contributed by atoms with Crippen LogP contribution in [0.2, 0.25) is 5.15 Å². The lowest BCUT2D eigenvalue weighted by Gasteiger charge is -2.33. The van der Waals surface area contributed by atoms with E-state index in [1.54, 1.807) is 20.2 Å². The van der Waals surface area contributed by atoms with E-state index in [2.05, 4.69) is 9.88 Å². The Morgan fingerprint density at radius 2 is 2.04 bits per heavy atom. The van der Waals surface area contributed by atoms with E-state index in [-0.39, 0.29) is 11.1 Å². The van der Waals surface area contributed by atoms with E-state index >= 15 is 0 Å². The molecular weight excluding hydrogens is 326 g/mol. The molecule has 1 amide bonds. The van der Waals surface area contributed by atoms with Gasteiger partial charge in [-0.05, 0) is 55.6 Å². The molecular formula is C18H26ClN3O2. The molecule has 5 nitrogen and oxygen atoms in total. The predicted octanol–water partition coefficient (Wildman–Crippen LogP) is 2.67. The minimum atomic E-state index is -0.124. The number of amides is 1. The number of halogens is 1. The Balaban J connectivity index is 1.56. The maximum Gasteiger partial charge on any atom is 0.256 e. The number of hydrogen-bond donors (Lipinski definition) is 1. The summed E-state index contributed by atoms with van der Waals surface area (Å²) in [5.41, 5.74) is 0.448. The van der Waals surface area contributed by atoms with Crippen molar-refractivity contribution in [2.24, 2.45) is 17.8 Å². The van der Waals surface area contributed by atoms with E-state index in [9.17, 15) is 4.79 Å². The summed E-state index contributed by atoms with van der Waals surface area (Å²) in [4.78, 5) is 20.2. The summed E-state index contributed by atoms with van der Waals surface area (Å²) in [5, 5.41) is 9.44. The number of carbonyl (C=O) groups excluding carboxylic acids is 1. The summed E-state index contributed by atoms with van der Waals surface area (Å²) in [7, 11) is 3.41. The zero-order chi connectivity index (χ0) is 17.3. The molecule has 6 heteroatoms. The summed E-state index contributed by atoms with van der Waals surface area (Å²) >= 11 is 6.22. The van der Waals surface area contributed by atoms with Crippen molar-refractivity contribution in [3.8, 4) is 0 Å². The molecule has 3 rings (SSSR count). The van der Waals surface area contributed by atoms with Crippen molar-refractivity contribution in [3.63, 3.8) is 0 Å². The van der Waals surface area contributed by atoms with E-state index in [4.69, 9.17) is 16.7 Å². The third-order valence-electron chi connectivity index (χ3n) is 5.35. The second-order valence-electron chi connectivity index (χ2n) is 7.31. The van der Waals surface area contributed by atoms with Gasteiger partial charge in [0.2, 0.25) is 0 Å². The van der Waals surface area contributed by atoms with Crippen LogP contribution in [0.1, 0.15) is 36.0 Å². The van der Waals surface area contributed by atoms with Gasteiger partial charge in [0.05, 0.1) is 5.56 Å². The standard InChI is InChI=1S/C18H26ClN3O2/c1-21(2)18(24)15-3-4-16(20-17(15)19)22-7-5-12(6-8-22)9-13-10-14(13)11-23/h3-4,12-14,23H,5-11H2,1-2H3/t13-,14-/m0/s1. The molecule has 1 saturated carbocycles. The zero-order valence-electron chi connectivity index (χ0n) is 14.4. The van der Waals surface area contributed by atoms with Gasteiger partial charge in [0.15, 0.2) is 0 Å². The maximum atomic E-state index is 12.0. The molecule has 1 saturated heterocycles. The lowest BCUT2D eigenvalue weighted by Crippen LogP contribution is -2.34. The van der Waals surface area contributed by atoms with Gasteiger partial charge in [0, 0.05) is 33.8 Å². The molecule has 0 aromatic carbocycles. The van der Waals surface area contributed by atoms with Crippen LogP contribution in [0, 0.1) is 17.8 Å². The average molecular weight is 352 g/mol. The highest BCUT2D eigenvalue weighted by molar-refractivity contribution is 6.32. The van der Waals surface area contributed by atoms with Gasteiger partial charge in [0.1, 0.15) is 11.0 Å². The number of piperidine rings is 1. The molecule has 0 unspecified atom stereocenters. The summed E-state index contributed by atoms with van der Waals surface area (Å²) in [6.07, 6.45) is 4.78. The van der Waals surface area contributed by atoms with Crippen LogP contribution < -0.4 is 4.90 Å². The maximum absolute atomic E-state index is 12.0. The Hall–Kier alpha value is -1.33. The first-order chi connectivity index (χ1) is 11.5. The van der Waals surface area contributed by atoms with Gasteiger partial charge in [-0.1, -0.05) is 11.6 Å². The van der Waals surface area contributed by atoms with Crippen LogP contribution >= 0.6 is 11.6 Å². The molecule has 0 bridgehead atoms. The first-order valence-electron chi connectivity index (χ1n) is 8.73. The van der Waals surface area contributed by atoms with Crippen LogP contribution in [-0.4, -0.2) is 54.7 Å². The number of hydrogen-bond acceptors (Lipinski definition) is 4. The van der Waals surface area contributed by atoms with Crippen molar-refractivity contribution in [2.45, 2.75) is 25.7 Å². The van der Waals surface area contributed by atoms with E-state index in [1.807, 2.05) is 6.07 Å². The normalized spacial score (nSPS) is 24.1. The van der Waals surface area contributed by atoms with Crippen molar-refractivity contribution < 1.29 is 9.90 Å². The SMILES string of the molecule is CN(C)C(=O)c1ccc(N2CCC(C[C@H]3C[C@H]3CO)CC2)nc1Cl. The zero-order valence-corrected chi connectivity index (χ0v) is 15.2. The first-order valence-corrected chi connectivity index (χ1v) is 9.11. The largest absolute Gasteiger partial charge is 0.396 e. The highest BCUT2D eigenvalue weighted by Gasteiger charge is 2.38. The molecule has 1 aromatic heterocycles. The Morgan fingerprint density at radius 3 is 2.58 bits per heavy atom. The van der Waals surface area contributed by atoms with Crippen molar-refractivity contribution in [3.05, 3.63) is 22.8 Å². The van der Waals surface area contributed by atoms with E-state index in [0.717, 1.165) is 43.6 Å². The van der Waals surface area contributed by atoms with E-state index < -0.39 is 0 Å². The summed E-state index contributed by atoms with van der Waals surface area (Å²) in [6.45, 7) is 2.31. The molecule has 0 spiro atoms. The number of nitrogens with zero attached hydrogens (tertiary/aromatic N) is 3. The van der Waals surface area contributed by atoms with Crippen LogP contribution in [0.3, 0.4) is 0 Å². The Bertz CT molecular complexity index is 600. The first kappa shape index (κ1) is 17.5. The van der Waals surface area contributed by atoms with Gasteiger partial charge in [-0.2, -0.15) is 0 Å². The lowest BCUT2D eigenvalue weighted by molar-refractivity contribution is 0.0827. The van der Waals surface area contributed by atoms with Crippen LogP contribution in [0.4, 0.5) is 5.82 Å². The van der Waals surface area contributed by atoms with E-state index in [0.29, 0.717) is 18.1 Å². The fourth-order valence-corrected chi connectivity index (χ4v) is 3.88. The summed E-state index contributed by atoms with van der Waals surface area (Å²) < 4.78 is 0. The molecule has 1 aliphatic carbocycles. The van der Waals surface area contributed by atoms with E-state index in [1.165, 1.54) is 17.7 Å². The van der Waals surface area contributed by atoms with Crippen LogP contribution in [0.25, 0.3) is 0 Å². The second-order valence-corrected chi connectivity index (χ2v) is 7.67. The topological polar surface area (TPSA) is 56.7 Å². The van der Waals surface area contributed by atoms with Gasteiger partial charge < -0.3 is 14.9 Å². The average Bonchev–Trinajstić information content (AvgIpc) is 3.33. The van der Waals surface area contributed by atoms with Crippen LogP contribution in [0.15, 0.2) is 12.1 Å².